The number of halogens is 1. The van der Waals surface area contributed by atoms with Gasteiger partial charge in [0.05, 0.1) is 29.2 Å². The number of ketones is 1. The van der Waals surface area contributed by atoms with Crippen molar-refractivity contribution in [2.24, 2.45) is 5.41 Å². The van der Waals surface area contributed by atoms with E-state index in [2.05, 4.69) is 20.4 Å². The van der Waals surface area contributed by atoms with Crippen LogP contribution in [0.5, 0.6) is 0 Å². The number of sulfonamides is 1. The highest BCUT2D eigenvalue weighted by molar-refractivity contribution is 7.89. The van der Waals surface area contributed by atoms with Gasteiger partial charge in [-0.2, -0.15) is 9.40 Å². The average Bonchev–Trinajstić information content (AvgIpc) is 3.60. The number of pyridine rings is 1. The lowest BCUT2D eigenvalue weighted by Crippen LogP contribution is -2.53. The molecule has 2 aliphatic rings. The lowest BCUT2D eigenvalue weighted by atomic mass is 9.65. The van der Waals surface area contributed by atoms with Crippen molar-refractivity contribution in [3.63, 3.8) is 0 Å². The molecule has 4 aromatic rings. The van der Waals surface area contributed by atoms with Gasteiger partial charge in [0.25, 0.3) is 10.0 Å². The number of benzene rings is 1. The molecule has 39 heavy (non-hydrogen) atoms. The molecule has 0 N–H and O–H groups in total. The third-order valence-corrected chi connectivity index (χ3v) is 9.23. The van der Waals surface area contributed by atoms with Crippen molar-refractivity contribution in [1.29, 1.82) is 0 Å². The van der Waals surface area contributed by atoms with Crippen LogP contribution in [0, 0.1) is 11.2 Å². The quantitative estimate of drug-likeness (QED) is 0.339. The van der Waals surface area contributed by atoms with Crippen molar-refractivity contribution in [2.45, 2.75) is 37.8 Å². The second-order valence-corrected chi connectivity index (χ2v) is 12.0. The Morgan fingerprint density at radius 2 is 1.90 bits per heavy atom. The molecule has 1 fully saturated rings. The van der Waals surface area contributed by atoms with Crippen LogP contribution in [0.4, 0.5) is 4.39 Å². The number of carbonyl (C=O) groups is 1. The average molecular weight is 548 g/mol. The van der Waals surface area contributed by atoms with E-state index in [1.165, 1.54) is 27.3 Å². The summed E-state index contributed by atoms with van der Waals surface area (Å²) < 4.78 is 45.7. The predicted octanol–water partition coefficient (Wildman–Crippen LogP) is 3.48. The molecule has 1 unspecified atom stereocenters. The summed E-state index contributed by atoms with van der Waals surface area (Å²) in [5, 5.41) is 12.3. The Balaban J connectivity index is 1.45. The highest BCUT2D eigenvalue weighted by atomic mass is 32.2. The van der Waals surface area contributed by atoms with E-state index in [9.17, 15) is 17.6 Å². The van der Waals surface area contributed by atoms with Crippen LogP contribution in [0.3, 0.4) is 0 Å². The zero-order valence-corrected chi connectivity index (χ0v) is 22.2. The van der Waals surface area contributed by atoms with E-state index >= 15 is 0 Å². The van der Waals surface area contributed by atoms with Gasteiger partial charge in [-0.3, -0.25) is 9.78 Å². The fraction of sp³-hybridized carbons (Fsp3) is 0.296. The minimum Gasteiger partial charge on any atom is -0.291 e. The Labute approximate surface area is 224 Å². The molecular formula is C27H26FN7O3S. The topological polar surface area (TPSA) is 116 Å². The van der Waals surface area contributed by atoms with Crippen LogP contribution in [0.25, 0.3) is 11.8 Å². The van der Waals surface area contributed by atoms with E-state index in [1.54, 1.807) is 47.4 Å². The number of carbonyl (C=O) groups excluding carboxylic acids is 1. The molecule has 0 spiro atoms. The predicted molar refractivity (Wildman–Crippen MR) is 140 cm³/mol. The summed E-state index contributed by atoms with van der Waals surface area (Å²) in [5.41, 5.74) is 2.19. The van der Waals surface area contributed by atoms with Gasteiger partial charge in [0.15, 0.2) is 10.8 Å². The lowest BCUT2D eigenvalue weighted by Gasteiger charge is -2.44. The van der Waals surface area contributed by atoms with Crippen LogP contribution in [-0.2, 0) is 16.4 Å². The molecule has 1 aliphatic carbocycles. The fourth-order valence-corrected chi connectivity index (χ4v) is 7.11. The summed E-state index contributed by atoms with van der Waals surface area (Å²) in [6.07, 6.45) is 7.01. The first kappa shape index (κ1) is 25.3. The third kappa shape index (κ3) is 4.10. The van der Waals surface area contributed by atoms with Crippen molar-refractivity contribution in [1.82, 2.24) is 34.1 Å². The second kappa shape index (κ2) is 9.31. The smallest absolute Gasteiger partial charge is 0.261 e. The third-order valence-electron chi connectivity index (χ3n) is 7.42. The Morgan fingerprint density at radius 3 is 2.62 bits per heavy atom. The van der Waals surface area contributed by atoms with Crippen LogP contribution < -0.4 is 0 Å². The van der Waals surface area contributed by atoms with Crippen molar-refractivity contribution < 1.29 is 17.6 Å². The minimum atomic E-state index is -4.00. The first-order valence-corrected chi connectivity index (χ1v) is 14.0. The summed E-state index contributed by atoms with van der Waals surface area (Å²) in [7, 11) is -4.00. The van der Waals surface area contributed by atoms with E-state index in [4.69, 9.17) is 0 Å². The number of fused-ring (bicyclic) bond motifs is 2. The summed E-state index contributed by atoms with van der Waals surface area (Å²) in [5.74, 6) is -0.592. The SMILES string of the molecule is CC(C)n1nncc1S(=O)(=O)N1CCC2=Cc3c(cnn3-c3ccc(F)cc3)CC2(C(=O)c2ccccn2)C1. The normalized spacial score (nSPS) is 19.4. The fourth-order valence-electron chi connectivity index (χ4n) is 5.46. The number of nitrogens with zero attached hydrogens (tertiary/aromatic N) is 7. The standard InChI is InChI=1S/C27H26FN7O3S/c1-18(2)34-25(16-30-32-34)39(37,38)33-12-10-20-13-24-19(15-31-35(24)22-8-6-21(28)7-9-22)14-27(20,17-33)26(36)23-5-3-4-11-29-23/h3-9,11,13,15-16,18H,10,12,14,17H2,1-2H3. The Morgan fingerprint density at radius 1 is 1.10 bits per heavy atom. The van der Waals surface area contributed by atoms with Crippen LogP contribution in [-0.4, -0.2) is 61.4 Å². The van der Waals surface area contributed by atoms with Gasteiger partial charge in [0.2, 0.25) is 0 Å². The van der Waals surface area contributed by atoms with E-state index in [0.717, 1.165) is 16.8 Å². The van der Waals surface area contributed by atoms with Crippen LogP contribution in [0.2, 0.25) is 0 Å². The van der Waals surface area contributed by atoms with Crippen molar-refractivity contribution in [3.05, 3.63) is 89.4 Å². The molecule has 1 aliphatic heterocycles. The molecule has 1 saturated heterocycles. The molecule has 0 bridgehead atoms. The number of hydrogen-bond acceptors (Lipinski definition) is 7. The van der Waals surface area contributed by atoms with Crippen molar-refractivity contribution >= 4 is 21.9 Å². The zero-order chi connectivity index (χ0) is 27.4. The zero-order valence-electron chi connectivity index (χ0n) is 21.4. The minimum absolute atomic E-state index is 0.00834. The van der Waals surface area contributed by atoms with E-state index in [1.807, 2.05) is 19.9 Å². The summed E-state index contributed by atoms with van der Waals surface area (Å²) >= 11 is 0. The molecule has 200 valence electrons. The maximum absolute atomic E-state index is 14.2. The molecule has 0 saturated carbocycles. The van der Waals surface area contributed by atoms with Gasteiger partial charge < -0.3 is 0 Å². The monoisotopic (exact) mass is 547 g/mol. The first-order chi connectivity index (χ1) is 18.7. The van der Waals surface area contributed by atoms with Gasteiger partial charge in [-0.15, -0.1) is 5.10 Å². The Bertz CT molecular complexity index is 1690. The molecule has 1 aromatic carbocycles. The Kier molecular flexibility index (Phi) is 6.03. The lowest BCUT2D eigenvalue weighted by molar-refractivity contribution is 0.0769. The largest absolute Gasteiger partial charge is 0.291 e. The number of hydrogen-bond donors (Lipinski definition) is 0. The van der Waals surface area contributed by atoms with Crippen LogP contribution in [0.15, 0.2) is 71.7 Å². The van der Waals surface area contributed by atoms with Crippen LogP contribution in [0.1, 0.15) is 48.1 Å². The number of aromatic nitrogens is 6. The van der Waals surface area contributed by atoms with Gasteiger partial charge >= 0.3 is 0 Å². The van der Waals surface area contributed by atoms with Crippen molar-refractivity contribution in [2.75, 3.05) is 13.1 Å². The van der Waals surface area contributed by atoms with Crippen LogP contribution >= 0.6 is 0 Å². The highest BCUT2D eigenvalue weighted by Crippen LogP contribution is 2.47. The van der Waals surface area contributed by atoms with E-state index in [-0.39, 0.29) is 47.9 Å². The molecule has 0 amide bonds. The molecule has 4 heterocycles. The molecule has 1 atom stereocenters. The molecule has 6 rings (SSSR count). The maximum atomic E-state index is 14.2. The van der Waals surface area contributed by atoms with Gasteiger partial charge in [0.1, 0.15) is 11.5 Å². The molecule has 12 heteroatoms. The summed E-state index contributed by atoms with van der Waals surface area (Å²) in [6, 6.07) is 10.9. The first-order valence-electron chi connectivity index (χ1n) is 12.6. The molecule has 0 radical (unpaired) electrons. The van der Waals surface area contributed by atoms with Gasteiger partial charge in [-0.25, -0.2) is 22.2 Å². The van der Waals surface area contributed by atoms with E-state index in [0.29, 0.717) is 12.1 Å². The number of rotatable bonds is 6. The van der Waals surface area contributed by atoms with Gasteiger partial charge in [-0.1, -0.05) is 16.9 Å². The number of Topliss-reactive ketones (excluding diaryl/α,β-unsaturated/α-hetero) is 1. The molecule has 3 aromatic heterocycles. The Hall–Kier alpha value is -4.03. The van der Waals surface area contributed by atoms with Gasteiger partial charge in [-0.05, 0) is 74.7 Å². The summed E-state index contributed by atoms with van der Waals surface area (Å²) in [6.45, 7) is 3.80. The van der Waals surface area contributed by atoms with Crippen molar-refractivity contribution in [3.8, 4) is 5.69 Å². The molecular weight excluding hydrogens is 521 g/mol. The number of piperidine rings is 1. The van der Waals surface area contributed by atoms with Gasteiger partial charge in [0, 0.05) is 25.3 Å². The summed E-state index contributed by atoms with van der Waals surface area (Å²) in [4.78, 5) is 18.5. The molecule has 10 nitrogen and oxygen atoms in total. The van der Waals surface area contributed by atoms with E-state index < -0.39 is 15.4 Å². The second-order valence-electron chi connectivity index (χ2n) is 10.1. The maximum Gasteiger partial charge on any atom is 0.261 e. The highest BCUT2D eigenvalue weighted by Gasteiger charge is 2.51.